The van der Waals surface area contributed by atoms with Crippen LogP contribution in [0.2, 0.25) is 0 Å². The molecule has 5 heteroatoms. The lowest BCUT2D eigenvalue weighted by Crippen LogP contribution is -2.53. The fraction of sp³-hybridized carbons (Fsp3) is 0.611. The molecule has 1 saturated heterocycles. The van der Waals surface area contributed by atoms with Gasteiger partial charge in [0.05, 0.1) is 5.92 Å². The zero-order valence-electron chi connectivity index (χ0n) is 13.9. The highest BCUT2D eigenvalue weighted by molar-refractivity contribution is 5.85. The first-order valence-electron chi connectivity index (χ1n) is 8.28. The first kappa shape index (κ1) is 18.1. The molecule has 0 aliphatic carbocycles. The molecule has 2 heterocycles. The maximum absolute atomic E-state index is 12.4. The van der Waals surface area contributed by atoms with E-state index in [0.29, 0.717) is 19.2 Å². The number of hydrogen-bond acceptors (Lipinski definition) is 3. The number of carbonyl (C=O) groups is 1. The average Bonchev–Trinajstić information content (AvgIpc) is 2.52. The summed E-state index contributed by atoms with van der Waals surface area (Å²) >= 11 is 0. The van der Waals surface area contributed by atoms with Gasteiger partial charge in [-0.1, -0.05) is 32.0 Å². The number of nitrogens with one attached hydrogen (secondary N) is 2. The van der Waals surface area contributed by atoms with Gasteiger partial charge in [0.15, 0.2) is 0 Å². The van der Waals surface area contributed by atoms with Crippen LogP contribution in [-0.4, -0.2) is 31.6 Å². The van der Waals surface area contributed by atoms with Gasteiger partial charge in [0.2, 0.25) is 5.91 Å². The molecule has 1 fully saturated rings. The van der Waals surface area contributed by atoms with Gasteiger partial charge >= 0.3 is 0 Å². The maximum Gasteiger partial charge on any atom is 0.226 e. The quantitative estimate of drug-likeness (QED) is 0.890. The third-order valence-electron chi connectivity index (χ3n) is 5.06. The fourth-order valence-corrected chi connectivity index (χ4v) is 3.46. The van der Waals surface area contributed by atoms with Crippen molar-refractivity contribution < 1.29 is 9.53 Å². The van der Waals surface area contributed by atoms with Crippen LogP contribution in [0.4, 0.5) is 0 Å². The minimum absolute atomic E-state index is 0. The highest BCUT2D eigenvalue weighted by atomic mass is 35.5. The topological polar surface area (TPSA) is 50.4 Å². The van der Waals surface area contributed by atoms with Crippen LogP contribution in [0.1, 0.15) is 32.3 Å². The molecule has 1 amide bonds. The van der Waals surface area contributed by atoms with E-state index in [1.165, 1.54) is 12.8 Å². The minimum atomic E-state index is -0.0818. The SMILES string of the molecule is CC1(C)CCCNC1CNC(=O)C1COc2ccccc2C1.Cl. The Kier molecular flexibility index (Phi) is 5.93. The number of ether oxygens (including phenoxy) is 1. The van der Waals surface area contributed by atoms with Crippen LogP contribution in [0.25, 0.3) is 0 Å². The molecule has 0 bridgehead atoms. The third kappa shape index (κ3) is 4.18. The Morgan fingerprint density at radius 1 is 1.39 bits per heavy atom. The molecule has 2 unspecified atom stereocenters. The number of fused-ring (bicyclic) bond motifs is 1. The standard InChI is InChI=1S/C18H26N2O2.ClH/c1-18(2)8-5-9-19-16(18)11-20-17(21)14-10-13-6-3-4-7-15(13)22-12-14;/h3-4,6-7,14,16,19H,5,8-12H2,1-2H3,(H,20,21);1H. The lowest BCUT2D eigenvalue weighted by molar-refractivity contribution is -0.126. The smallest absolute Gasteiger partial charge is 0.226 e. The number of carbonyl (C=O) groups excluding carboxylic acids is 1. The summed E-state index contributed by atoms with van der Waals surface area (Å²) in [5.74, 6) is 0.945. The summed E-state index contributed by atoms with van der Waals surface area (Å²) < 4.78 is 5.71. The van der Waals surface area contributed by atoms with Crippen molar-refractivity contribution in [1.82, 2.24) is 10.6 Å². The molecule has 3 rings (SSSR count). The summed E-state index contributed by atoms with van der Waals surface area (Å²) in [5.41, 5.74) is 1.37. The molecule has 1 aromatic rings. The molecule has 4 nitrogen and oxygen atoms in total. The van der Waals surface area contributed by atoms with Crippen LogP contribution in [0.15, 0.2) is 24.3 Å². The number of piperidine rings is 1. The number of rotatable bonds is 3. The number of hydrogen-bond donors (Lipinski definition) is 2. The molecule has 128 valence electrons. The summed E-state index contributed by atoms with van der Waals surface area (Å²) in [6.07, 6.45) is 3.19. The molecule has 0 spiro atoms. The zero-order chi connectivity index (χ0) is 15.6. The minimum Gasteiger partial charge on any atom is -0.492 e. The Hall–Kier alpha value is -1.26. The predicted molar refractivity (Wildman–Crippen MR) is 94.2 cm³/mol. The highest BCUT2D eigenvalue weighted by Crippen LogP contribution is 2.30. The van der Waals surface area contributed by atoms with E-state index in [0.717, 1.165) is 24.3 Å². The van der Waals surface area contributed by atoms with Crippen LogP contribution in [0.3, 0.4) is 0 Å². The average molecular weight is 339 g/mol. The van der Waals surface area contributed by atoms with Crippen molar-refractivity contribution in [3.05, 3.63) is 29.8 Å². The Bertz CT molecular complexity index is 548. The van der Waals surface area contributed by atoms with Gasteiger partial charge in [0.1, 0.15) is 12.4 Å². The summed E-state index contributed by atoms with van der Waals surface area (Å²) in [6, 6.07) is 8.33. The van der Waals surface area contributed by atoms with E-state index < -0.39 is 0 Å². The lowest BCUT2D eigenvalue weighted by atomic mass is 9.77. The normalized spacial score (nSPS) is 25.5. The molecule has 0 saturated carbocycles. The van der Waals surface area contributed by atoms with Crippen LogP contribution in [0, 0.1) is 11.3 Å². The molecular weight excluding hydrogens is 312 g/mol. The number of para-hydroxylation sites is 1. The monoisotopic (exact) mass is 338 g/mol. The number of benzene rings is 1. The van der Waals surface area contributed by atoms with E-state index >= 15 is 0 Å². The molecule has 23 heavy (non-hydrogen) atoms. The van der Waals surface area contributed by atoms with Gasteiger partial charge in [-0.2, -0.15) is 0 Å². The molecule has 0 radical (unpaired) electrons. The van der Waals surface area contributed by atoms with E-state index in [2.05, 4.69) is 24.5 Å². The highest BCUT2D eigenvalue weighted by Gasteiger charge is 2.33. The predicted octanol–water partition coefficient (Wildman–Crippen LogP) is 2.55. The molecule has 2 aliphatic rings. The maximum atomic E-state index is 12.4. The van der Waals surface area contributed by atoms with E-state index in [4.69, 9.17) is 4.74 Å². The molecule has 2 atom stereocenters. The fourth-order valence-electron chi connectivity index (χ4n) is 3.46. The molecule has 1 aromatic carbocycles. The van der Waals surface area contributed by atoms with Crippen LogP contribution in [-0.2, 0) is 11.2 Å². The van der Waals surface area contributed by atoms with E-state index in [1.54, 1.807) is 0 Å². The van der Waals surface area contributed by atoms with Gasteiger partial charge in [0, 0.05) is 12.6 Å². The first-order valence-corrected chi connectivity index (χ1v) is 8.28. The third-order valence-corrected chi connectivity index (χ3v) is 5.06. The second-order valence-electron chi connectivity index (χ2n) is 7.16. The molecule has 0 aromatic heterocycles. The summed E-state index contributed by atoms with van der Waals surface area (Å²) in [4.78, 5) is 12.4. The van der Waals surface area contributed by atoms with E-state index in [-0.39, 0.29) is 29.6 Å². The van der Waals surface area contributed by atoms with Gasteiger partial charge in [0.25, 0.3) is 0 Å². The van der Waals surface area contributed by atoms with Crippen molar-refractivity contribution in [3.8, 4) is 5.75 Å². The molecule has 2 aliphatic heterocycles. The Morgan fingerprint density at radius 3 is 2.96 bits per heavy atom. The van der Waals surface area contributed by atoms with Gasteiger partial charge in [-0.15, -0.1) is 12.4 Å². The lowest BCUT2D eigenvalue weighted by Gasteiger charge is -2.39. The second-order valence-corrected chi connectivity index (χ2v) is 7.16. The van der Waals surface area contributed by atoms with Gasteiger partial charge < -0.3 is 15.4 Å². The van der Waals surface area contributed by atoms with Crippen LogP contribution >= 0.6 is 12.4 Å². The first-order chi connectivity index (χ1) is 10.6. The van der Waals surface area contributed by atoms with Gasteiger partial charge in [-0.3, -0.25) is 4.79 Å². The van der Waals surface area contributed by atoms with Gasteiger partial charge in [-0.25, -0.2) is 0 Å². The van der Waals surface area contributed by atoms with E-state index in [9.17, 15) is 4.79 Å². The summed E-state index contributed by atoms with van der Waals surface area (Å²) in [6.45, 7) is 6.77. The zero-order valence-corrected chi connectivity index (χ0v) is 14.7. The number of amides is 1. The molecule has 2 N–H and O–H groups in total. The van der Waals surface area contributed by atoms with Crippen LogP contribution < -0.4 is 15.4 Å². The van der Waals surface area contributed by atoms with Gasteiger partial charge in [-0.05, 0) is 42.9 Å². The second kappa shape index (κ2) is 7.54. The Balaban J connectivity index is 0.00000192. The van der Waals surface area contributed by atoms with Crippen LogP contribution in [0.5, 0.6) is 5.75 Å². The Morgan fingerprint density at radius 2 is 2.17 bits per heavy atom. The van der Waals surface area contributed by atoms with Crippen molar-refractivity contribution in [1.29, 1.82) is 0 Å². The van der Waals surface area contributed by atoms with Crippen molar-refractivity contribution in [2.75, 3.05) is 19.7 Å². The van der Waals surface area contributed by atoms with E-state index in [1.807, 2.05) is 24.3 Å². The summed E-state index contributed by atoms with van der Waals surface area (Å²) in [5, 5.41) is 6.66. The van der Waals surface area contributed by atoms with Crippen molar-refractivity contribution >= 4 is 18.3 Å². The number of halogens is 1. The van der Waals surface area contributed by atoms with Crippen molar-refractivity contribution in [2.24, 2.45) is 11.3 Å². The largest absolute Gasteiger partial charge is 0.492 e. The van der Waals surface area contributed by atoms with Crippen molar-refractivity contribution in [3.63, 3.8) is 0 Å². The summed E-state index contributed by atoms with van der Waals surface area (Å²) in [7, 11) is 0. The Labute approximate surface area is 144 Å². The molecular formula is C18H27ClN2O2. The van der Waals surface area contributed by atoms with Crippen molar-refractivity contribution in [2.45, 2.75) is 39.2 Å².